The third-order valence-corrected chi connectivity index (χ3v) is 5.22. The molecule has 1 aliphatic rings. The number of benzene rings is 2. The van der Waals surface area contributed by atoms with E-state index < -0.39 is 23.5 Å². The SMILES string of the molecule is CCc1cccc(C(F)(F)F)c1.Cc1ccc(CN2CCN(C)CC2)c(C(F)(F)F)c1. The molecule has 0 unspecified atom stereocenters. The highest BCUT2D eigenvalue weighted by Crippen LogP contribution is 2.33. The van der Waals surface area contributed by atoms with Crippen LogP contribution < -0.4 is 0 Å². The number of rotatable bonds is 3. The van der Waals surface area contributed by atoms with Crippen molar-refractivity contribution in [2.24, 2.45) is 0 Å². The summed E-state index contributed by atoms with van der Waals surface area (Å²) in [7, 11) is 2.03. The molecule has 0 atom stereocenters. The van der Waals surface area contributed by atoms with Crippen LogP contribution in [0.2, 0.25) is 0 Å². The van der Waals surface area contributed by atoms with E-state index >= 15 is 0 Å². The molecule has 1 saturated heterocycles. The Hall–Kier alpha value is -2.06. The molecule has 1 aliphatic heterocycles. The first kappa shape index (κ1) is 25.2. The third-order valence-electron chi connectivity index (χ3n) is 5.22. The van der Waals surface area contributed by atoms with Crippen molar-refractivity contribution in [2.75, 3.05) is 33.2 Å². The molecule has 2 aromatic rings. The molecule has 2 aromatic carbocycles. The van der Waals surface area contributed by atoms with Crippen molar-refractivity contribution < 1.29 is 26.3 Å². The van der Waals surface area contributed by atoms with Gasteiger partial charge in [-0.05, 0) is 43.7 Å². The zero-order chi connectivity index (χ0) is 23.2. The van der Waals surface area contributed by atoms with E-state index in [9.17, 15) is 26.3 Å². The van der Waals surface area contributed by atoms with Crippen molar-refractivity contribution in [1.82, 2.24) is 9.80 Å². The molecular formula is C23H28F6N2. The lowest BCUT2D eigenvalue weighted by molar-refractivity contribution is -0.139. The highest BCUT2D eigenvalue weighted by atomic mass is 19.4. The molecule has 0 radical (unpaired) electrons. The Balaban J connectivity index is 0.000000245. The molecule has 3 rings (SSSR count). The van der Waals surface area contributed by atoms with Gasteiger partial charge in [-0.3, -0.25) is 4.90 Å². The number of nitrogens with zero attached hydrogens (tertiary/aromatic N) is 2. The predicted molar refractivity (Wildman–Crippen MR) is 110 cm³/mol. The fourth-order valence-electron chi connectivity index (χ4n) is 3.31. The Kier molecular flexibility index (Phi) is 8.54. The Morgan fingerprint density at radius 3 is 2.03 bits per heavy atom. The number of likely N-dealkylation sites (N-methyl/N-ethyl adjacent to an activating group) is 1. The van der Waals surface area contributed by atoms with E-state index in [0.717, 1.165) is 32.2 Å². The smallest absolute Gasteiger partial charge is 0.304 e. The lowest BCUT2D eigenvalue weighted by Crippen LogP contribution is -2.44. The average molecular weight is 446 g/mol. The van der Waals surface area contributed by atoms with Crippen LogP contribution in [0, 0.1) is 6.92 Å². The molecule has 0 bridgehead atoms. The monoisotopic (exact) mass is 446 g/mol. The molecule has 172 valence electrons. The largest absolute Gasteiger partial charge is 0.416 e. The molecular weight excluding hydrogens is 418 g/mol. The van der Waals surface area contributed by atoms with Gasteiger partial charge < -0.3 is 4.90 Å². The van der Waals surface area contributed by atoms with E-state index in [2.05, 4.69) is 9.80 Å². The van der Waals surface area contributed by atoms with Crippen molar-refractivity contribution in [3.8, 4) is 0 Å². The molecule has 2 nitrogen and oxygen atoms in total. The number of alkyl halides is 6. The van der Waals surface area contributed by atoms with Crippen molar-refractivity contribution in [2.45, 2.75) is 39.2 Å². The summed E-state index contributed by atoms with van der Waals surface area (Å²) in [5.41, 5.74) is 0.676. The minimum absolute atomic E-state index is 0.377. The normalized spacial score (nSPS) is 16.0. The molecule has 0 aromatic heterocycles. The van der Waals surface area contributed by atoms with Crippen LogP contribution in [0.1, 0.15) is 34.7 Å². The first-order chi connectivity index (χ1) is 14.4. The average Bonchev–Trinajstić information content (AvgIpc) is 2.70. The van der Waals surface area contributed by atoms with E-state index in [1.165, 1.54) is 18.2 Å². The summed E-state index contributed by atoms with van der Waals surface area (Å²) in [5.74, 6) is 0. The van der Waals surface area contributed by atoms with Crippen LogP contribution in [-0.2, 0) is 25.3 Å². The summed E-state index contributed by atoms with van der Waals surface area (Å²) >= 11 is 0. The van der Waals surface area contributed by atoms with E-state index in [1.54, 1.807) is 25.1 Å². The summed E-state index contributed by atoms with van der Waals surface area (Å²) < 4.78 is 75.4. The molecule has 1 fully saturated rings. The van der Waals surface area contributed by atoms with Crippen molar-refractivity contribution in [3.63, 3.8) is 0 Å². The van der Waals surface area contributed by atoms with Crippen LogP contribution in [0.3, 0.4) is 0 Å². The van der Waals surface area contributed by atoms with Gasteiger partial charge in [0.2, 0.25) is 0 Å². The minimum atomic E-state index is -4.27. The van der Waals surface area contributed by atoms with Crippen molar-refractivity contribution >= 4 is 0 Å². The fraction of sp³-hybridized carbons (Fsp3) is 0.478. The summed E-state index contributed by atoms with van der Waals surface area (Å²) in [6.07, 6.45) is -7.86. The first-order valence-corrected chi connectivity index (χ1v) is 10.1. The number of hydrogen-bond acceptors (Lipinski definition) is 2. The minimum Gasteiger partial charge on any atom is -0.304 e. The van der Waals surface area contributed by atoms with E-state index in [0.29, 0.717) is 29.7 Å². The van der Waals surface area contributed by atoms with Gasteiger partial charge in [-0.15, -0.1) is 0 Å². The standard InChI is InChI=1S/C14H19F3N2.C9H9F3/c1-11-3-4-12(13(9-11)14(15,16)17)10-19-7-5-18(2)6-8-19;1-2-7-4-3-5-8(6-7)9(10,11)12/h3-4,9H,5-8,10H2,1-2H3;3-6H,2H2,1H3. The van der Waals surface area contributed by atoms with Gasteiger partial charge in [0.1, 0.15) is 0 Å². The molecule has 0 N–H and O–H groups in total. The summed E-state index contributed by atoms with van der Waals surface area (Å²) in [4.78, 5) is 4.27. The fourth-order valence-corrected chi connectivity index (χ4v) is 3.31. The second-order valence-electron chi connectivity index (χ2n) is 7.79. The van der Waals surface area contributed by atoms with Gasteiger partial charge in [-0.1, -0.05) is 42.8 Å². The van der Waals surface area contributed by atoms with Crippen LogP contribution in [-0.4, -0.2) is 43.0 Å². The van der Waals surface area contributed by atoms with Crippen LogP contribution in [0.4, 0.5) is 26.3 Å². The second kappa shape index (κ2) is 10.5. The van der Waals surface area contributed by atoms with Gasteiger partial charge >= 0.3 is 12.4 Å². The molecule has 0 saturated carbocycles. The van der Waals surface area contributed by atoms with Crippen LogP contribution in [0.15, 0.2) is 42.5 Å². The van der Waals surface area contributed by atoms with Crippen LogP contribution >= 0.6 is 0 Å². The maximum atomic E-state index is 13.0. The summed E-state index contributed by atoms with van der Waals surface area (Å²) in [6.45, 7) is 7.36. The Labute approximate surface area is 179 Å². The van der Waals surface area contributed by atoms with Crippen molar-refractivity contribution in [1.29, 1.82) is 0 Å². The maximum Gasteiger partial charge on any atom is 0.416 e. The molecule has 31 heavy (non-hydrogen) atoms. The maximum absolute atomic E-state index is 13.0. The number of hydrogen-bond donors (Lipinski definition) is 0. The van der Waals surface area contributed by atoms with Gasteiger partial charge in [0.15, 0.2) is 0 Å². The number of halogens is 6. The molecule has 0 amide bonds. The van der Waals surface area contributed by atoms with E-state index in [-0.39, 0.29) is 0 Å². The van der Waals surface area contributed by atoms with Crippen LogP contribution in [0.25, 0.3) is 0 Å². The predicted octanol–water partition coefficient (Wildman–Crippen LogP) is 6.03. The number of piperazine rings is 1. The van der Waals surface area contributed by atoms with Crippen molar-refractivity contribution in [3.05, 3.63) is 70.3 Å². The van der Waals surface area contributed by atoms with Gasteiger partial charge in [-0.2, -0.15) is 26.3 Å². The topological polar surface area (TPSA) is 6.48 Å². The van der Waals surface area contributed by atoms with E-state index in [4.69, 9.17) is 0 Å². The highest BCUT2D eigenvalue weighted by molar-refractivity contribution is 5.33. The lowest BCUT2D eigenvalue weighted by Gasteiger charge is -2.32. The Bertz CT molecular complexity index is 837. The lowest BCUT2D eigenvalue weighted by atomic mass is 10.0. The Morgan fingerprint density at radius 2 is 1.48 bits per heavy atom. The zero-order valence-corrected chi connectivity index (χ0v) is 17.9. The summed E-state index contributed by atoms with van der Waals surface area (Å²) in [5, 5.41) is 0. The molecule has 1 heterocycles. The van der Waals surface area contributed by atoms with Crippen LogP contribution in [0.5, 0.6) is 0 Å². The quantitative estimate of drug-likeness (QED) is 0.532. The third kappa shape index (κ3) is 7.85. The first-order valence-electron chi connectivity index (χ1n) is 10.1. The molecule has 8 heteroatoms. The second-order valence-corrected chi connectivity index (χ2v) is 7.79. The Morgan fingerprint density at radius 1 is 0.839 bits per heavy atom. The zero-order valence-electron chi connectivity index (χ0n) is 17.9. The number of aryl methyl sites for hydroxylation is 2. The van der Waals surface area contributed by atoms with Gasteiger partial charge in [0, 0.05) is 32.7 Å². The van der Waals surface area contributed by atoms with E-state index in [1.807, 2.05) is 14.0 Å². The summed E-state index contributed by atoms with van der Waals surface area (Å²) in [6, 6.07) is 9.98. The molecule has 0 aliphatic carbocycles. The highest BCUT2D eigenvalue weighted by Gasteiger charge is 2.34. The van der Waals surface area contributed by atoms with Gasteiger partial charge in [0.25, 0.3) is 0 Å². The molecule has 0 spiro atoms. The van der Waals surface area contributed by atoms with Gasteiger partial charge in [0.05, 0.1) is 11.1 Å². The van der Waals surface area contributed by atoms with Gasteiger partial charge in [-0.25, -0.2) is 0 Å².